The Kier molecular flexibility index (Phi) is 4.91. The van der Waals surface area contributed by atoms with Crippen LogP contribution in [0.15, 0.2) is 34.9 Å². The van der Waals surface area contributed by atoms with Crippen molar-refractivity contribution in [2.45, 2.75) is 33.1 Å². The number of hydrogen-bond donors (Lipinski definition) is 0. The summed E-state index contributed by atoms with van der Waals surface area (Å²) in [4.78, 5) is 8.74. The average Bonchev–Trinajstić information content (AvgIpc) is 2.38. The largest absolute Gasteiger partial charge is 0.439 e. The van der Waals surface area contributed by atoms with E-state index < -0.39 is 0 Å². The van der Waals surface area contributed by atoms with Gasteiger partial charge in [-0.25, -0.2) is 4.98 Å². The van der Waals surface area contributed by atoms with E-state index in [4.69, 9.17) is 4.74 Å². The van der Waals surface area contributed by atoms with Gasteiger partial charge in [-0.1, -0.05) is 26.0 Å². The molecule has 0 N–H and O–H groups in total. The topological polar surface area (TPSA) is 35.0 Å². The van der Waals surface area contributed by atoms with Gasteiger partial charge in [-0.15, -0.1) is 0 Å². The van der Waals surface area contributed by atoms with Crippen molar-refractivity contribution in [3.63, 3.8) is 0 Å². The molecule has 0 atom stereocenters. The zero-order valence-corrected chi connectivity index (χ0v) is 12.8. The van der Waals surface area contributed by atoms with E-state index in [2.05, 4.69) is 45.8 Å². The maximum absolute atomic E-state index is 5.81. The number of rotatable bonds is 5. The standard InChI is InChI=1S/C15H17BrN2O/c1-3-6-14-17-13(16)10-15(18-14)19-12-8-5-7-11(4-2)9-12/h5,7-10H,3-4,6H2,1-2H3. The van der Waals surface area contributed by atoms with E-state index in [1.54, 1.807) is 6.07 Å². The Morgan fingerprint density at radius 3 is 2.74 bits per heavy atom. The van der Waals surface area contributed by atoms with Crippen LogP contribution in [-0.4, -0.2) is 9.97 Å². The highest BCUT2D eigenvalue weighted by Gasteiger charge is 2.05. The number of benzene rings is 1. The summed E-state index contributed by atoms with van der Waals surface area (Å²) in [6, 6.07) is 9.85. The van der Waals surface area contributed by atoms with Crippen LogP contribution in [0.1, 0.15) is 31.7 Å². The highest BCUT2D eigenvalue weighted by molar-refractivity contribution is 9.10. The predicted octanol–water partition coefficient (Wildman–Crippen LogP) is 4.55. The van der Waals surface area contributed by atoms with Crippen LogP contribution in [0.25, 0.3) is 0 Å². The average molecular weight is 321 g/mol. The Balaban J connectivity index is 2.22. The lowest BCUT2D eigenvalue weighted by atomic mass is 10.2. The molecular formula is C15H17BrN2O. The fourth-order valence-corrected chi connectivity index (χ4v) is 2.18. The third kappa shape index (κ3) is 4.03. The van der Waals surface area contributed by atoms with Crippen molar-refractivity contribution in [2.24, 2.45) is 0 Å². The number of nitrogens with zero attached hydrogens (tertiary/aromatic N) is 2. The maximum atomic E-state index is 5.81. The van der Waals surface area contributed by atoms with Gasteiger partial charge in [-0.05, 0) is 46.5 Å². The fourth-order valence-electron chi connectivity index (χ4n) is 1.78. The van der Waals surface area contributed by atoms with E-state index in [1.807, 2.05) is 18.2 Å². The van der Waals surface area contributed by atoms with Crippen LogP contribution >= 0.6 is 15.9 Å². The highest BCUT2D eigenvalue weighted by Crippen LogP contribution is 2.23. The van der Waals surface area contributed by atoms with Gasteiger partial charge in [0.2, 0.25) is 5.88 Å². The second-order valence-corrected chi connectivity index (χ2v) is 5.11. The van der Waals surface area contributed by atoms with Crippen molar-refractivity contribution in [2.75, 3.05) is 0 Å². The molecule has 0 aliphatic carbocycles. The van der Waals surface area contributed by atoms with E-state index in [1.165, 1.54) is 5.56 Å². The van der Waals surface area contributed by atoms with Gasteiger partial charge in [0.15, 0.2) is 0 Å². The minimum Gasteiger partial charge on any atom is -0.439 e. The molecule has 1 aromatic carbocycles. The molecule has 2 aromatic rings. The molecule has 3 nitrogen and oxygen atoms in total. The molecule has 1 heterocycles. The molecule has 4 heteroatoms. The Labute approximate surface area is 122 Å². The molecule has 0 saturated heterocycles. The van der Waals surface area contributed by atoms with Crippen molar-refractivity contribution >= 4 is 15.9 Å². The van der Waals surface area contributed by atoms with Crippen LogP contribution in [0.3, 0.4) is 0 Å². The first-order valence-electron chi connectivity index (χ1n) is 6.51. The van der Waals surface area contributed by atoms with Crippen LogP contribution < -0.4 is 4.74 Å². The first-order valence-corrected chi connectivity index (χ1v) is 7.30. The lowest BCUT2D eigenvalue weighted by molar-refractivity contribution is 0.457. The van der Waals surface area contributed by atoms with E-state index in [9.17, 15) is 0 Å². The first kappa shape index (κ1) is 14.0. The van der Waals surface area contributed by atoms with E-state index in [0.717, 1.165) is 35.4 Å². The van der Waals surface area contributed by atoms with Gasteiger partial charge in [0.25, 0.3) is 0 Å². The predicted molar refractivity (Wildman–Crippen MR) is 79.6 cm³/mol. The molecular weight excluding hydrogens is 304 g/mol. The number of halogens is 1. The summed E-state index contributed by atoms with van der Waals surface area (Å²) in [6.07, 6.45) is 2.86. The third-order valence-electron chi connectivity index (χ3n) is 2.72. The zero-order valence-electron chi connectivity index (χ0n) is 11.2. The summed E-state index contributed by atoms with van der Waals surface area (Å²) in [6.45, 7) is 4.23. The Morgan fingerprint density at radius 1 is 1.16 bits per heavy atom. The molecule has 19 heavy (non-hydrogen) atoms. The summed E-state index contributed by atoms with van der Waals surface area (Å²) >= 11 is 3.39. The van der Waals surface area contributed by atoms with Gasteiger partial charge in [-0.3, -0.25) is 0 Å². The van der Waals surface area contributed by atoms with Gasteiger partial charge in [-0.2, -0.15) is 4.98 Å². The lowest BCUT2D eigenvalue weighted by Gasteiger charge is -2.08. The fraction of sp³-hybridized carbons (Fsp3) is 0.333. The number of hydrogen-bond acceptors (Lipinski definition) is 3. The Hall–Kier alpha value is -1.42. The van der Waals surface area contributed by atoms with Crippen LogP contribution in [-0.2, 0) is 12.8 Å². The Morgan fingerprint density at radius 2 is 2.00 bits per heavy atom. The summed E-state index contributed by atoms with van der Waals surface area (Å²) in [5.74, 6) is 2.20. The summed E-state index contributed by atoms with van der Waals surface area (Å²) < 4.78 is 6.56. The Bertz CT molecular complexity index is 558. The van der Waals surface area contributed by atoms with Crippen molar-refractivity contribution in [3.8, 4) is 11.6 Å². The normalized spacial score (nSPS) is 10.5. The zero-order chi connectivity index (χ0) is 13.7. The number of ether oxygens (including phenoxy) is 1. The molecule has 100 valence electrons. The molecule has 0 radical (unpaired) electrons. The molecule has 2 rings (SSSR count). The molecule has 0 saturated carbocycles. The second-order valence-electron chi connectivity index (χ2n) is 4.30. The van der Waals surface area contributed by atoms with Crippen molar-refractivity contribution in [1.29, 1.82) is 0 Å². The van der Waals surface area contributed by atoms with Crippen molar-refractivity contribution in [3.05, 3.63) is 46.3 Å². The summed E-state index contributed by atoms with van der Waals surface area (Å²) in [7, 11) is 0. The van der Waals surface area contributed by atoms with Gasteiger partial charge in [0.05, 0.1) is 0 Å². The van der Waals surface area contributed by atoms with Crippen LogP contribution in [0.4, 0.5) is 0 Å². The highest BCUT2D eigenvalue weighted by atomic mass is 79.9. The summed E-state index contributed by atoms with van der Waals surface area (Å²) in [5, 5.41) is 0. The van der Waals surface area contributed by atoms with Gasteiger partial charge in [0.1, 0.15) is 16.2 Å². The van der Waals surface area contributed by atoms with Gasteiger partial charge in [0, 0.05) is 12.5 Å². The quantitative estimate of drug-likeness (QED) is 0.758. The second kappa shape index (κ2) is 6.66. The van der Waals surface area contributed by atoms with Crippen molar-refractivity contribution in [1.82, 2.24) is 9.97 Å². The van der Waals surface area contributed by atoms with Crippen LogP contribution in [0, 0.1) is 0 Å². The smallest absolute Gasteiger partial charge is 0.223 e. The van der Waals surface area contributed by atoms with Gasteiger partial charge < -0.3 is 4.74 Å². The van der Waals surface area contributed by atoms with Crippen LogP contribution in [0.2, 0.25) is 0 Å². The third-order valence-corrected chi connectivity index (χ3v) is 3.13. The van der Waals surface area contributed by atoms with E-state index in [0.29, 0.717) is 5.88 Å². The molecule has 0 spiro atoms. The summed E-state index contributed by atoms with van der Waals surface area (Å²) in [5.41, 5.74) is 1.25. The SMILES string of the molecule is CCCc1nc(Br)cc(Oc2cccc(CC)c2)n1. The van der Waals surface area contributed by atoms with E-state index >= 15 is 0 Å². The van der Waals surface area contributed by atoms with Crippen LogP contribution in [0.5, 0.6) is 11.6 Å². The molecule has 0 bridgehead atoms. The number of aryl methyl sites for hydroxylation is 2. The molecule has 0 aliphatic rings. The lowest BCUT2D eigenvalue weighted by Crippen LogP contribution is -1.98. The molecule has 1 aromatic heterocycles. The molecule has 0 amide bonds. The molecule has 0 unspecified atom stereocenters. The first-order chi connectivity index (χ1) is 9.21. The molecule has 0 fully saturated rings. The minimum absolute atomic E-state index is 0.582. The monoisotopic (exact) mass is 320 g/mol. The maximum Gasteiger partial charge on any atom is 0.223 e. The molecule has 0 aliphatic heterocycles. The minimum atomic E-state index is 0.582. The van der Waals surface area contributed by atoms with E-state index in [-0.39, 0.29) is 0 Å². The van der Waals surface area contributed by atoms with Crippen molar-refractivity contribution < 1.29 is 4.74 Å². The number of aromatic nitrogens is 2. The van der Waals surface area contributed by atoms with Gasteiger partial charge >= 0.3 is 0 Å².